The third-order valence-electron chi connectivity index (χ3n) is 3.06. The van der Waals surface area contributed by atoms with Crippen LogP contribution in [-0.2, 0) is 9.47 Å². The van der Waals surface area contributed by atoms with Gasteiger partial charge in [-0.1, -0.05) is 27.7 Å². The van der Waals surface area contributed by atoms with Gasteiger partial charge in [0.1, 0.15) is 0 Å². The Labute approximate surface area is 132 Å². The fourth-order valence-electron chi connectivity index (χ4n) is 1.81. The third kappa shape index (κ3) is 6.74. The van der Waals surface area contributed by atoms with Gasteiger partial charge in [0.15, 0.2) is 0 Å². The molecule has 0 heterocycles. The lowest BCUT2D eigenvalue weighted by molar-refractivity contribution is 0.0454. The summed E-state index contributed by atoms with van der Waals surface area (Å²) in [5.74, 6) is 0.176. The SMILES string of the molecule is CC(C)CCCOC(=O)c1ccc(C(=O)OCC(C)C)cc1. The molecule has 1 aromatic rings. The average Bonchev–Trinajstić information content (AvgIpc) is 2.49. The smallest absolute Gasteiger partial charge is 0.338 e. The van der Waals surface area contributed by atoms with Gasteiger partial charge in [0.05, 0.1) is 24.3 Å². The van der Waals surface area contributed by atoms with Crippen LogP contribution in [0.4, 0.5) is 0 Å². The molecular formula is C18H26O4. The molecule has 4 heteroatoms. The van der Waals surface area contributed by atoms with Crippen LogP contribution < -0.4 is 0 Å². The Hall–Kier alpha value is -1.84. The normalized spacial score (nSPS) is 10.8. The first-order chi connectivity index (χ1) is 10.4. The predicted molar refractivity (Wildman–Crippen MR) is 85.9 cm³/mol. The molecule has 0 aliphatic heterocycles. The second-order valence-corrected chi connectivity index (χ2v) is 6.24. The Kier molecular flexibility index (Phi) is 7.64. The van der Waals surface area contributed by atoms with Gasteiger partial charge in [-0.15, -0.1) is 0 Å². The number of ether oxygens (including phenoxy) is 2. The van der Waals surface area contributed by atoms with Gasteiger partial charge in [-0.05, 0) is 48.9 Å². The summed E-state index contributed by atoms with van der Waals surface area (Å²) >= 11 is 0. The zero-order chi connectivity index (χ0) is 16.5. The molecule has 0 saturated carbocycles. The molecular weight excluding hydrogens is 280 g/mol. The number of benzene rings is 1. The number of hydrogen-bond donors (Lipinski definition) is 0. The van der Waals surface area contributed by atoms with Crippen LogP contribution in [0.1, 0.15) is 61.3 Å². The number of esters is 2. The van der Waals surface area contributed by atoms with Crippen molar-refractivity contribution in [3.8, 4) is 0 Å². The minimum atomic E-state index is -0.370. The monoisotopic (exact) mass is 306 g/mol. The molecule has 0 N–H and O–H groups in total. The van der Waals surface area contributed by atoms with Crippen molar-refractivity contribution in [1.29, 1.82) is 0 Å². The van der Waals surface area contributed by atoms with E-state index in [2.05, 4.69) is 13.8 Å². The highest BCUT2D eigenvalue weighted by Crippen LogP contribution is 2.09. The molecule has 0 aliphatic rings. The molecule has 0 atom stereocenters. The van der Waals surface area contributed by atoms with Crippen molar-refractivity contribution in [3.05, 3.63) is 35.4 Å². The molecule has 0 saturated heterocycles. The summed E-state index contributed by atoms with van der Waals surface area (Å²) in [6, 6.07) is 6.37. The van der Waals surface area contributed by atoms with E-state index in [0.29, 0.717) is 36.2 Å². The maximum atomic E-state index is 11.8. The molecule has 0 amide bonds. The highest BCUT2D eigenvalue weighted by Gasteiger charge is 2.11. The molecule has 4 nitrogen and oxygen atoms in total. The molecule has 0 aromatic heterocycles. The zero-order valence-corrected chi connectivity index (χ0v) is 13.9. The zero-order valence-electron chi connectivity index (χ0n) is 13.9. The van der Waals surface area contributed by atoms with E-state index in [1.165, 1.54) is 0 Å². The molecule has 0 fully saturated rings. The summed E-state index contributed by atoms with van der Waals surface area (Å²) in [7, 11) is 0. The number of carbonyl (C=O) groups excluding carboxylic acids is 2. The molecule has 0 unspecified atom stereocenters. The second kappa shape index (κ2) is 9.23. The minimum Gasteiger partial charge on any atom is -0.462 e. The van der Waals surface area contributed by atoms with Crippen molar-refractivity contribution in [2.75, 3.05) is 13.2 Å². The van der Waals surface area contributed by atoms with Crippen molar-refractivity contribution in [1.82, 2.24) is 0 Å². The van der Waals surface area contributed by atoms with Gasteiger partial charge in [-0.25, -0.2) is 9.59 Å². The van der Waals surface area contributed by atoms with E-state index >= 15 is 0 Å². The van der Waals surface area contributed by atoms with Gasteiger partial charge in [-0.3, -0.25) is 0 Å². The van der Waals surface area contributed by atoms with Crippen LogP contribution in [0.3, 0.4) is 0 Å². The van der Waals surface area contributed by atoms with Gasteiger partial charge in [0, 0.05) is 0 Å². The molecule has 1 aromatic carbocycles. The number of rotatable bonds is 8. The highest BCUT2D eigenvalue weighted by atomic mass is 16.5. The van der Waals surface area contributed by atoms with Gasteiger partial charge in [-0.2, -0.15) is 0 Å². The Bertz CT molecular complexity index is 474. The highest BCUT2D eigenvalue weighted by molar-refractivity contribution is 5.93. The maximum absolute atomic E-state index is 11.8. The van der Waals surface area contributed by atoms with E-state index in [1.807, 2.05) is 13.8 Å². The molecule has 22 heavy (non-hydrogen) atoms. The summed E-state index contributed by atoms with van der Waals surface area (Å²) in [4.78, 5) is 23.6. The lowest BCUT2D eigenvalue weighted by Crippen LogP contribution is -2.11. The number of hydrogen-bond acceptors (Lipinski definition) is 4. The van der Waals surface area contributed by atoms with Crippen molar-refractivity contribution < 1.29 is 19.1 Å². The van der Waals surface area contributed by atoms with Crippen molar-refractivity contribution in [2.45, 2.75) is 40.5 Å². The Balaban J connectivity index is 2.46. The molecule has 122 valence electrons. The Morgan fingerprint density at radius 1 is 0.864 bits per heavy atom. The summed E-state index contributed by atoms with van der Waals surface area (Å²) in [6.07, 6.45) is 1.90. The topological polar surface area (TPSA) is 52.6 Å². The van der Waals surface area contributed by atoms with Crippen molar-refractivity contribution in [3.63, 3.8) is 0 Å². The summed E-state index contributed by atoms with van der Waals surface area (Å²) in [6.45, 7) is 9.04. The van der Waals surface area contributed by atoms with Gasteiger partial charge < -0.3 is 9.47 Å². The quantitative estimate of drug-likeness (QED) is 0.536. The molecule has 0 bridgehead atoms. The average molecular weight is 306 g/mol. The largest absolute Gasteiger partial charge is 0.462 e. The van der Waals surface area contributed by atoms with Crippen LogP contribution in [0.15, 0.2) is 24.3 Å². The van der Waals surface area contributed by atoms with E-state index in [9.17, 15) is 9.59 Å². The van der Waals surface area contributed by atoms with Gasteiger partial charge >= 0.3 is 11.9 Å². The first-order valence-electron chi connectivity index (χ1n) is 7.84. The van der Waals surface area contributed by atoms with E-state index in [0.717, 1.165) is 12.8 Å². The van der Waals surface area contributed by atoms with Crippen LogP contribution >= 0.6 is 0 Å². The fourth-order valence-corrected chi connectivity index (χ4v) is 1.81. The second-order valence-electron chi connectivity index (χ2n) is 6.24. The van der Waals surface area contributed by atoms with Crippen LogP contribution in [0.2, 0.25) is 0 Å². The minimum absolute atomic E-state index is 0.295. The lowest BCUT2D eigenvalue weighted by atomic mass is 10.1. The van der Waals surface area contributed by atoms with Crippen LogP contribution in [0.5, 0.6) is 0 Å². The lowest BCUT2D eigenvalue weighted by Gasteiger charge is -2.08. The summed E-state index contributed by atoms with van der Waals surface area (Å²) < 4.78 is 10.3. The summed E-state index contributed by atoms with van der Waals surface area (Å²) in [5.41, 5.74) is 0.891. The predicted octanol–water partition coefficient (Wildman–Crippen LogP) is 4.09. The first-order valence-corrected chi connectivity index (χ1v) is 7.84. The third-order valence-corrected chi connectivity index (χ3v) is 3.06. The van der Waals surface area contributed by atoms with Crippen molar-refractivity contribution in [2.24, 2.45) is 11.8 Å². The van der Waals surface area contributed by atoms with Crippen molar-refractivity contribution >= 4 is 11.9 Å². The maximum Gasteiger partial charge on any atom is 0.338 e. The summed E-state index contributed by atoms with van der Waals surface area (Å²) in [5, 5.41) is 0. The molecule has 1 rings (SSSR count). The van der Waals surface area contributed by atoms with Gasteiger partial charge in [0.25, 0.3) is 0 Å². The Morgan fingerprint density at radius 2 is 1.36 bits per heavy atom. The first kappa shape index (κ1) is 18.2. The van der Waals surface area contributed by atoms with Gasteiger partial charge in [0.2, 0.25) is 0 Å². The van der Waals surface area contributed by atoms with E-state index in [4.69, 9.17) is 9.47 Å². The molecule has 0 aliphatic carbocycles. The fraction of sp³-hybridized carbons (Fsp3) is 0.556. The molecule has 0 radical (unpaired) electrons. The van der Waals surface area contributed by atoms with E-state index in [1.54, 1.807) is 24.3 Å². The van der Waals surface area contributed by atoms with Crippen LogP contribution in [-0.4, -0.2) is 25.2 Å². The van der Waals surface area contributed by atoms with Crippen LogP contribution in [0, 0.1) is 11.8 Å². The van der Waals surface area contributed by atoms with Crippen LogP contribution in [0.25, 0.3) is 0 Å². The molecule has 0 spiro atoms. The standard InChI is InChI=1S/C18H26O4/c1-13(2)6-5-11-21-17(19)15-7-9-16(10-8-15)18(20)22-12-14(3)4/h7-10,13-14H,5-6,11-12H2,1-4H3. The number of carbonyl (C=O) groups is 2. The van der Waals surface area contributed by atoms with E-state index in [-0.39, 0.29) is 11.9 Å². The Morgan fingerprint density at radius 3 is 1.82 bits per heavy atom. The van der Waals surface area contributed by atoms with E-state index < -0.39 is 0 Å².